The molecule has 0 bridgehead atoms. The van der Waals surface area contributed by atoms with Gasteiger partial charge in [-0.2, -0.15) is 0 Å². The van der Waals surface area contributed by atoms with Gasteiger partial charge in [0, 0.05) is 10.7 Å². The Labute approximate surface area is 159 Å². The number of benzene rings is 2. The van der Waals surface area contributed by atoms with Crippen molar-refractivity contribution < 1.29 is 19.1 Å². The van der Waals surface area contributed by atoms with Crippen LogP contribution in [0.2, 0.25) is 15.1 Å². The van der Waals surface area contributed by atoms with Crippen molar-refractivity contribution in [1.82, 2.24) is 0 Å². The molecule has 1 unspecified atom stereocenters. The van der Waals surface area contributed by atoms with Crippen LogP contribution in [0.4, 0.5) is 5.69 Å². The molecule has 2 rings (SSSR count). The maximum atomic E-state index is 11.9. The van der Waals surface area contributed by atoms with E-state index in [1.165, 1.54) is 13.0 Å². The molecule has 0 aliphatic carbocycles. The third kappa shape index (κ3) is 6.12. The molecule has 0 saturated carbocycles. The van der Waals surface area contributed by atoms with Gasteiger partial charge in [0.2, 0.25) is 0 Å². The molecule has 0 saturated heterocycles. The fourth-order valence-electron chi connectivity index (χ4n) is 1.79. The van der Waals surface area contributed by atoms with Crippen LogP contribution in [0.15, 0.2) is 42.5 Å². The average molecular weight is 403 g/mol. The summed E-state index contributed by atoms with van der Waals surface area (Å²) in [5.74, 6) is -0.709. The van der Waals surface area contributed by atoms with E-state index in [2.05, 4.69) is 5.32 Å². The zero-order chi connectivity index (χ0) is 18.4. The molecule has 1 amide bonds. The Bertz CT molecular complexity index is 765. The van der Waals surface area contributed by atoms with E-state index in [9.17, 15) is 9.59 Å². The van der Waals surface area contributed by atoms with Crippen molar-refractivity contribution in [2.45, 2.75) is 13.0 Å². The zero-order valence-electron chi connectivity index (χ0n) is 13.1. The van der Waals surface area contributed by atoms with Crippen LogP contribution in [-0.4, -0.2) is 24.6 Å². The van der Waals surface area contributed by atoms with Crippen molar-refractivity contribution in [2.75, 3.05) is 11.9 Å². The van der Waals surface area contributed by atoms with E-state index in [4.69, 9.17) is 44.3 Å². The Kier molecular flexibility index (Phi) is 6.93. The van der Waals surface area contributed by atoms with Crippen LogP contribution >= 0.6 is 34.8 Å². The zero-order valence-corrected chi connectivity index (χ0v) is 15.4. The number of halogens is 3. The number of carbonyl (C=O) groups is 2. The van der Waals surface area contributed by atoms with E-state index in [1.807, 2.05) is 0 Å². The summed E-state index contributed by atoms with van der Waals surface area (Å²) in [6.07, 6.45) is -0.876. The van der Waals surface area contributed by atoms with E-state index < -0.39 is 24.6 Å². The number of ether oxygens (including phenoxy) is 2. The minimum Gasteiger partial charge on any atom is -0.479 e. The SMILES string of the molecule is CC(Oc1ccc(Cl)cc1)C(=O)OCC(=O)Nc1ccc(Cl)c(Cl)c1. The van der Waals surface area contributed by atoms with Crippen molar-refractivity contribution in [2.24, 2.45) is 0 Å². The molecule has 25 heavy (non-hydrogen) atoms. The lowest BCUT2D eigenvalue weighted by Crippen LogP contribution is -2.29. The first-order chi connectivity index (χ1) is 11.8. The summed E-state index contributed by atoms with van der Waals surface area (Å²) in [5.41, 5.74) is 0.445. The molecule has 0 aliphatic heterocycles. The molecule has 2 aromatic rings. The number of nitrogens with one attached hydrogen (secondary N) is 1. The molecule has 0 spiro atoms. The Hall–Kier alpha value is -1.95. The van der Waals surface area contributed by atoms with Crippen molar-refractivity contribution in [3.8, 4) is 5.75 Å². The lowest BCUT2D eigenvalue weighted by atomic mass is 10.3. The highest BCUT2D eigenvalue weighted by atomic mass is 35.5. The van der Waals surface area contributed by atoms with Crippen LogP contribution in [0.1, 0.15) is 6.92 Å². The quantitative estimate of drug-likeness (QED) is 0.717. The van der Waals surface area contributed by atoms with Gasteiger partial charge in [0.1, 0.15) is 5.75 Å². The first-order valence-electron chi connectivity index (χ1n) is 7.19. The van der Waals surface area contributed by atoms with E-state index in [0.29, 0.717) is 26.5 Å². The third-order valence-corrected chi connectivity index (χ3v) is 4.00. The van der Waals surface area contributed by atoms with Gasteiger partial charge in [-0.05, 0) is 49.4 Å². The summed E-state index contributed by atoms with van der Waals surface area (Å²) >= 11 is 17.4. The maximum absolute atomic E-state index is 11.9. The molecule has 0 fully saturated rings. The molecule has 8 heteroatoms. The normalized spacial score (nSPS) is 11.5. The number of carbonyl (C=O) groups excluding carboxylic acids is 2. The number of hydrogen-bond donors (Lipinski definition) is 1. The van der Waals surface area contributed by atoms with Crippen LogP contribution in [-0.2, 0) is 14.3 Å². The molecule has 0 aromatic heterocycles. The summed E-state index contributed by atoms with van der Waals surface area (Å²) in [4.78, 5) is 23.7. The Morgan fingerprint density at radius 2 is 1.72 bits per heavy atom. The molecule has 132 valence electrons. The van der Waals surface area contributed by atoms with Gasteiger partial charge in [-0.25, -0.2) is 4.79 Å². The first-order valence-corrected chi connectivity index (χ1v) is 8.32. The fourth-order valence-corrected chi connectivity index (χ4v) is 2.21. The summed E-state index contributed by atoms with van der Waals surface area (Å²) in [6.45, 7) is 1.07. The van der Waals surface area contributed by atoms with E-state index in [0.717, 1.165) is 0 Å². The highest BCUT2D eigenvalue weighted by Gasteiger charge is 2.18. The van der Waals surface area contributed by atoms with Gasteiger partial charge in [0.15, 0.2) is 12.7 Å². The molecular formula is C17H14Cl3NO4. The van der Waals surface area contributed by atoms with Crippen LogP contribution in [0.3, 0.4) is 0 Å². The average Bonchev–Trinajstić information content (AvgIpc) is 2.58. The van der Waals surface area contributed by atoms with Crippen LogP contribution < -0.4 is 10.1 Å². The van der Waals surface area contributed by atoms with Crippen molar-refractivity contribution in [3.63, 3.8) is 0 Å². The molecule has 1 N–H and O–H groups in total. The fraction of sp³-hybridized carbons (Fsp3) is 0.176. The standard InChI is InChI=1S/C17H14Cl3NO4/c1-10(25-13-5-2-11(18)3-6-13)17(23)24-9-16(22)21-12-4-7-14(19)15(20)8-12/h2-8,10H,9H2,1H3,(H,21,22). The second-order valence-electron chi connectivity index (χ2n) is 5.00. The summed E-state index contributed by atoms with van der Waals surface area (Å²) < 4.78 is 10.3. The molecule has 0 heterocycles. The molecule has 0 radical (unpaired) electrons. The highest BCUT2D eigenvalue weighted by molar-refractivity contribution is 6.42. The van der Waals surface area contributed by atoms with Crippen molar-refractivity contribution >= 4 is 52.4 Å². The van der Waals surface area contributed by atoms with Gasteiger partial charge in [-0.15, -0.1) is 0 Å². The molecule has 0 aliphatic rings. The minimum absolute atomic E-state index is 0.307. The number of esters is 1. The lowest BCUT2D eigenvalue weighted by Gasteiger charge is -2.14. The second-order valence-corrected chi connectivity index (χ2v) is 6.25. The van der Waals surface area contributed by atoms with E-state index >= 15 is 0 Å². The van der Waals surface area contributed by atoms with Gasteiger partial charge >= 0.3 is 5.97 Å². The summed E-state index contributed by atoms with van der Waals surface area (Å²) in [5, 5.41) is 3.78. The van der Waals surface area contributed by atoms with Crippen molar-refractivity contribution in [1.29, 1.82) is 0 Å². The Balaban J connectivity index is 1.80. The first kappa shape index (κ1) is 19.4. The predicted molar refractivity (Wildman–Crippen MR) is 97.6 cm³/mol. The van der Waals surface area contributed by atoms with E-state index in [-0.39, 0.29) is 0 Å². The molecule has 5 nitrogen and oxygen atoms in total. The molecule has 1 atom stereocenters. The monoisotopic (exact) mass is 401 g/mol. The minimum atomic E-state index is -0.876. The number of hydrogen-bond acceptors (Lipinski definition) is 4. The van der Waals surface area contributed by atoms with Crippen molar-refractivity contribution in [3.05, 3.63) is 57.5 Å². The van der Waals surface area contributed by atoms with Gasteiger partial charge in [0.05, 0.1) is 10.0 Å². The summed E-state index contributed by atoms with van der Waals surface area (Å²) in [7, 11) is 0. The van der Waals surface area contributed by atoms with E-state index in [1.54, 1.807) is 36.4 Å². The van der Waals surface area contributed by atoms with Crippen LogP contribution in [0.25, 0.3) is 0 Å². The topological polar surface area (TPSA) is 64.6 Å². The molecule has 2 aromatic carbocycles. The smallest absolute Gasteiger partial charge is 0.347 e. The summed E-state index contributed by atoms with van der Waals surface area (Å²) in [6, 6.07) is 11.2. The van der Waals surface area contributed by atoms with Gasteiger partial charge in [0.25, 0.3) is 5.91 Å². The second kappa shape index (κ2) is 8.94. The third-order valence-electron chi connectivity index (χ3n) is 3.01. The Morgan fingerprint density at radius 3 is 2.36 bits per heavy atom. The predicted octanol–water partition coefficient (Wildman–Crippen LogP) is 4.60. The largest absolute Gasteiger partial charge is 0.479 e. The Morgan fingerprint density at radius 1 is 1.04 bits per heavy atom. The van der Waals surface area contributed by atoms with Gasteiger partial charge < -0.3 is 14.8 Å². The number of amides is 1. The highest BCUT2D eigenvalue weighted by Crippen LogP contribution is 2.25. The molecular weight excluding hydrogens is 389 g/mol. The van der Waals surface area contributed by atoms with Gasteiger partial charge in [-0.1, -0.05) is 34.8 Å². The van der Waals surface area contributed by atoms with Crippen LogP contribution in [0.5, 0.6) is 5.75 Å². The van der Waals surface area contributed by atoms with Crippen LogP contribution in [0, 0.1) is 0 Å². The lowest BCUT2D eigenvalue weighted by molar-refractivity contribution is -0.153. The number of anilines is 1. The number of rotatable bonds is 6. The van der Waals surface area contributed by atoms with Gasteiger partial charge in [-0.3, -0.25) is 4.79 Å². The maximum Gasteiger partial charge on any atom is 0.347 e.